The number of ketones is 1. The minimum absolute atomic E-state index is 0.122. The maximum absolute atomic E-state index is 13.3. The third-order valence-electron chi connectivity index (χ3n) is 5.26. The average Bonchev–Trinajstić information content (AvgIpc) is 2.93. The summed E-state index contributed by atoms with van der Waals surface area (Å²) in [7, 11) is 1.60. The molecule has 0 radical (unpaired) electrons. The van der Waals surface area contributed by atoms with E-state index >= 15 is 0 Å². The number of carbonyl (C=O) groups excluding carboxylic acids is 1. The first-order valence-corrected chi connectivity index (χ1v) is 9.70. The van der Waals surface area contributed by atoms with Crippen LogP contribution in [0.15, 0.2) is 54.1 Å². The summed E-state index contributed by atoms with van der Waals surface area (Å²) in [6.07, 6.45) is 1.63. The van der Waals surface area contributed by atoms with Gasteiger partial charge >= 0.3 is 0 Å². The molecule has 0 saturated heterocycles. The van der Waals surface area contributed by atoms with Crippen LogP contribution >= 0.6 is 0 Å². The molecule has 0 fully saturated rings. The van der Waals surface area contributed by atoms with Crippen LogP contribution in [-0.2, 0) is 0 Å². The average molecular weight is 383 g/mol. The predicted molar refractivity (Wildman–Crippen MR) is 118 cm³/mol. The smallest absolute Gasteiger partial charge is 0.204 e. The number of aryl methyl sites for hydroxylation is 2. The fraction of sp³-hybridized carbons (Fsp3) is 0.231. The Kier molecular flexibility index (Phi) is 5.84. The van der Waals surface area contributed by atoms with Crippen molar-refractivity contribution in [3.63, 3.8) is 0 Å². The molecule has 29 heavy (non-hydrogen) atoms. The monoisotopic (exact) mass is 383 g/mol. The molecule has 0 unspecified atom stereocenters. The van der Waals surface area contributed by atoms with Crippen LogP contribution < -0.4 is 4.74 Å². The topological polar surface area (TPSA) is 50.1 Å². The zero-order valence-electron chi connectivity index (χ0n) is 17.5. The highest BCUT2D eigenvalue weighted by atomic mass is 16.5. The molecule has 1 aromatic rings. The molecular weight excluding hydrogens is 358 g/mol. The van der Waals surface area contributed by atoms with Gasteiger partial charge in [0.2, 0.25) is 5.78 Å². The normalized spacial score (nSPS) is 11.6. The Labute approximate surface area is 172 Å². The van der Waals surface area contributed by atoms with Crippen LogP contribution in [0.2, 0.25) is 0 Å². The Bertz CT molecular complexity index is 1100. The van der Waals surface area contributed by atoms with Crippen LogP contribution in [0.25, 0.3) is 17.2 Å². The highest BCUT2D eigenvalue weighted by Gasteiger charge is 2.23. The second-order valence-electron chi connectivity index (χ2n) is 7.62. The summed E-state index contributed by atoms with van der Waals surface area (Å²) in [5.74, 6) is 0.874. The first kappa shape index (κ1) is 20.4. The van der Waals surface area contributed by atoms with E-state index in [0.29, 0.717) is 11.5 Å². The molecule has 0 bridgehead atoms. The summed E-state index contributed by atoms with van der Waals surface area (Å²) in [6.45, 7) is 8.35. The van der Waals surface area contributed by atoms with Crippen molar-refractivity contribution in [3.05, 3.63) is 81.9 Å². The lowest BCUT2D eigenvalue weighted by atomic mass is 9.96. The number of fused-ring (bicyclic) bond motifs is 1. The van der Waals surface area contributed by atoms with E-state index in [9.17, 15) is 10.1 Å². The van der Waals surface area contributed by atoms with Crippen molar-refractivity contribution in [1.29, 1.82) is 5.26 Å². The Morgan fingerprint density at radius 1 is 1.03 bits per heavy atom. The number of hydrogen-bond acceptors (Lipinski definition) is 3. The number of hydrogen-bond donors (Lipinski definition) is 0. The Morgan fingerprint density at radius 2 is 1.72 bits per heavy atom. The predicted octanol–water partition coefficient (Wildman–Crippen LogP) is 6.33. The molecule has 2 aliphatic rings. The molecule has 2 aliphatic carbocycles. The first-order valence-electron chi connectivity index (χ1n) is 9.70. The minimum atomic E-state index is -0.248. The molecule has 3 nitrogen and oxygen atoms in total. The van der Waals surface area contributed by atoms with Gasteiger partial charge in [0, 0.05) is 5.56 Å². The number of nitrogens with zero attached hydrogens (tertiary/aromatic N) is 1. The van der Waals surface area contributed by atoms with E-state index in [4.69, 9.17) is 4.74 Å². The van der Waals surface area contributed by atoms with Gasteiger partial charge in [-0.25, -0.2) is 0 Å². The van der Waals surface area contributed by atoms with E-state index in [1.54, 1.807) is 13.2 Å². The Balaban J connectivity index is 2.09. The van der Waals surface area contributed by atoms with Gasteiger partial charge in [0.05, 0.1) is 7.11 Å². The second-order valence-corrected chi connectivity index (χ2v) is 7.62. The second kappa shape index (κ2) is 8.32. The van der Waals surface area contributed by atoms with Gasteiger partial charge in [-0.05, 0) is 77.4 Å². The van der Waals surface area contributed by atoms with Crippen LogP contribution in [-0.4, -0.2) is 12.9 Å². The summed E-state index contributed by atoms with van der Waals surface area (Å²) in [4.78, 5) is 13.3. The fourth-order valence-electron chi connectivity index (χ4n) is 3.54. The lowest BCUT2D eigenvalue weighted by molar-refractivity contribution is 0.104. The molecule has 3 heteroatoms. The van der Waals surface area contributed by atoms with Gasteiger partial charge in [-0.3, -0.25) is 4.79 Å². The third-order valence-corrected chi connectivity index (χ3v) is 5.26. The summed E-state index contributed by atoms with van der Waals surface area (Å²) in [5, 5.41) is 9.67. The number of ether oxygens (including phenoxy) is 1. The highest BCUT2D eigenvalue weighted by molar-refractivity contribution is 6.18. The van der Waals surface area contributed by atoms with Crippen molar-refractivity contribution in [2.45, 2.75) is 33.6 Å². The fourth-order valence-corrected chi connectivity index (χ4v) is 3.54. The number of Topliss-reactive ketones (excluding diaryl/α,β-unsaturated/α-hetero) is 1. The van der Waals surface area contributed by atoms with Gasteiger partial charge in [0.1, 0.15) is 17.4 Å². The van der Waals surface area contributed by atoms with Crippen molar-refractivity contribution in [2.75, 3.05) is 7.11 Å². The van der Waals surface area contributed by atoms with E-state index in [0.717, 1.165) is 33.6 Å². The van der Waals surface area contributed by atoms with Crippen molar-refractivity contribution >= 4 is 11.9 Å². The molecule has 0 N–H and O–H groups in total. The molecule has 0 aliphatic heterocycles. The SMILES string of the molecule is COc1ccc(/C=C(\C#N)C(=O)c2cc(C)c3cc(C(C)C)ccc(C)c2-3)cc1. The molecular formula is C26H25NO2. The number of allylic oxidation sites excluding steroid dienone is 1. The van der Waals surface area contributed by atoms with Crippen molar-refractivity contribution in [3.8, 4) is 22.9 Å². The Hall–Kier alpha value is -3.38. The molecule has 0 aromatic heterocycles. The maximum atomic E-state index is 13.3. The highest BCUT2D eigenvalue weighted by Crippen LogP contribution is 2.37. The van der Waals surface area contributed by atoms with Crippen LogP contribution in [0, 0.1) is 25.2 Å². The summed E-state index contributed by atoms with van der Waals surface area (Å²) < 4.78 is 5.16. The third kappa shape index (κ3) is 4.07. The number of rotatable bonds is 5. The summed E-state index contributed by atoms with van der Waals surface area (Å²) in [6, 6.07) is 17.6. The molecule has 1 aromatic carbocycles. The maximum Gasteiger partial charge on any atom is 0.204 e. The van der Waals surface area contributed by atoms with Crippen molar-refractivity contribution in [1.82, 2.24) is 0 Å². The van der Waals surface area contributed by atoms with Crippen LogP contribution in [0.3, 0.4) is 0 Å². The van der Waals surface area contributed by atoms with Gasteiger partial charge in [-0.2, -0.15) is 5.26 Å². The quantitative estimate of drug-likeness (QED) is 0.294. The van der Waals surface area contributed by atoms with E-state index < -0.39 is 0 Å². The molecule has 0 spiro atoms. The van der Waals surface area contributed by atoms with Gasteiger partial charge in [-0.1, -0.05) is 44.2 Å². The van der Waals surface area contributed by atoms with E-state index in [2.05, 4.69) is 38.1 Å². The van der Waals surface area contributed by atoms with Gasteiger partial charge in [0.15, 0.2) is 0 Å². The van der Waals surface area contributed by atoms with E-state index in [1.165, 1.54) is 5.56 Å². The Morgan fingerprint density at radius 3 is 2.31 bits per heavy atom. The zero-order chi connectivity index (χ0) is 21.1. The van der Waals surface area contributed by atoms with Gasteiger partial charge in [-0.15, -0.1) is 0 Å². The number of carbonyl (C=O) groups is 1. The van der Waals surface area contributed by atoms with E-state index in [-0.39, 0.29) is 11.4 Å². The van der Waals surface area contributed by atoms with Crippen LogP contribution in [0.5, 0.6) is 5.75 Å². The molecule has 0 saturated carbocycles. The van der Waals surface area contributed by atoms with E-state index in [1.807, 2.05) is 44.2 Å². The number of nitriles is 1. The largest absolute Gasteiger partial charge is 0.497 e. The van der Waals surface area contributed by atoms with Crippen molar-refractivity contribution in [2.24, 2.45) is 0 Å². The number of methoxy groups -OCH3 is 1. The van der Waals surface area contributed by atoms with Gasteiger partial charge in [0.25, 0.3) is 0 Å². The lowest BCUT2D eigenvalue weighted by Crippen LogP contribution is -2.02. The molecule has 0 heterocycles. The van der Waals surface area contributed by atoms with Crippen LogP contribution in [0.1, 0.15) is 52.4 Å². The lowest BCUT2D eigenvalue weighted by Gasteiger charge is -2.06. The minimum Gasteiger partial charge on any atom is -0.497 e. The molecule has 3 rings (SSSR count). The standard InChI is InChI=1S/C26H25NO2/c1-16(2)20-9-6-17(3)25-23(14-20)18(4)12-24(25)26(28)21(15-27)13-19-7-10-22(29-5)11-8-19/h6-14,16H,1-5H3/b21-13+. The number of benzene rings is 1. The first-order chi connectivity index (χ1) is 13.8. The zero-order valence-corrected chi connectivity index (χ0v) is 17.5. The molecule has 0 atom stereocenters. The summed E-state index contributed by atoms with van der Waals surface area (Å²) in [5.41, 5.74) is 6.80. The van der Waals surface area contributed by atoms with Crippen molar-refractivity contribution < 1.29 is 9.53 Å². The van der Waals surface area contributed by atoms with Gasteiger partial charge < -0.3 is 4.74 Å². The van der Waals surface area contributed by atoms with Crippen LogP contribution in [0.4, 0.5) is 0 Å². The summed E-state index contributed by atoms with van der Waals surface area (Å²) >= 11 is 0. The molecule has 146 valence electrons. The molecule has 0 amide bonds.